The van der Waals surface area contributed by atoms with E-state index in [0.29, 0.717) is 12.2 Å². The number of carbonyl (C=O) groups is 2. The highest BCUT2D eigenvalue weighted by atomic mass is 16.6. The SMILES string of the molecule is CC(=O)c1cc(OCCCC(=O)NC2NCCc3ccccc32)ccc1[N+](=O)[O-]. The standard InChI is InChI=1S/C21H23N3O5/c1-14(25)18-13-16(8-9-19(18)24(27)28)29-12-4-7-20(26)23-21-17-6-3-2-5-15(17)10-11-22-21/h2-3,5-6,8-9,13,21-22H,4,7,10-12H2,1H3,(H,23,26). The molecule has 0 bridgehead atoms. The van der Waals surface area contributed by atoms with Crippen LogP contribution in [0, 0.1) is 10.1 Å². The number of benzene rings is 2. The average Bonchev–Trinajstić information content (AvgIpc) is 2.71. The van der Waals surface area contributed by atoms with Crippen molar-refractivity contribution in [1.29, 1.82) is 0 Å². The molecule has 3 rings (SSSR count). The van der Waals surface area contributed by atoms with E-state index in [4.69, 9.17) is 4.74 Å². The molecule has 0 spiro atoms. The Balaban J connectivity index is 1.49. The van der Waals surface area contributed by atoms with Crippen LogP contribution in [0.4, 0.5) is 5.69 Å². The Morgan fingerprint density at radius 1 is 1.28 bits per heavy atom. The van der Waals surface area contributed by atoms with Gasteiger partial charge in [-0.15, -0.1) is 0 Å². The molecule has 2 N–H and O–H groups in total. The number of carbonyl (C=O) groups excluding carboxylic acids is 2. The molecule has 8 nitrogen and oxygen atoms in total. The van der Waals surface area contributed by atoms with Crippen molar-refractivity contribution in [2.24, 2.45) is 0 Å². The molecule has 0 aromatic heterocycles. The molecule has 1 aliphatic heterocycles. The maximum Gasteiger partial charge on any atom is 0.280 e. The van der Waals surface area contributed by atoms with E-state index >= 15 is 0 Å². The lowest BCUT2D eigenvalue weighted by Gasteiger charge is -2.27. The fraction of sp³-hybridized carbons (Fsp3) is 0.333. The molecule has 0 saturated heterocycles. The van der Waals surface area contributed by atoms with Gasteiger partial charge in [0.25, 0.3) is 5.69 Å². The van der Waals surface area contributed by atoms with Gasteiger partial charge in [0.1, 0.15) is 11.9 Å². The molecule has 2 aromatic rings. The van der Waals surface area contributed by atoms with Crippen molar-refractivity contribution >= 4 is 17.4 Å². The van der Waals surface area contributed by atoms with Gasteiger partial charge in [0, 0.05) is 19.0 Å². The summed E-state index contributed by atoms with van der Waals surface area (Å²) < 4.78 is 5.56. The summed E-state index contributed by atoms with van der Waals surface area (Å²) in [5.74, 6) is -0.123. The molecule has 29 heavy (non-hydrogen) atoms. The van der Waals surface area contributed by atoms with Gasteiger partial charge >= 0.3 is 0 Å². The van der Waals surface area contributed by atoms with Crippen molar-refractivity contribution in [2.75, 3.05) is 13.2 Å². The van der Waals surface area contributed by atoms with E-state index in [1.165, 1.54) is 30.7 Å². The number of nitro benzene ring substituents is 1. The van der Waals surface area contributed by atoms with E-state index in [1.807, 2.05) is 18.2 Å². The van der Waals surface area contributed by atoms with Crippen molar-refractivity contribution in [3.63, 3.8) is 0 Å². The minimum Gasteiger partial charge on any atom is -0.494 e. The fourth-order valence-corrected chi connectivity index (χ4v) is 3.34. The van der Waals surface area contributed by atoms with E-state index in [2.05, 4.69) is 16.7 Å². The number of nitrogens with one attached hydrogen (secondary N) is 2. The van der Waals surface area contributed by atoms with Crippen LogP contribution in [0.5, 0.6) is 5.75 Å². The molecule has 2 aromatic carbocycles. The van der Waals surface area contributed by atoms with Gasteiger partial charge in [-0.3, -0.25) is 25.0 Å². The highest BCUT2D eigenvalue weighted by Gasteiger charge is 2.21. The van der Waals surface area contributed by atoms with Gasteiger partial charge in [-0.1, -0.05) is 24.3 Å². The normalized spacial score (nSPS) is 15.3. The Morgan fingerprint density at radius 3 is 2.83 bits per heavy atom. The summed E-state index contributed by atoms with van der Waals surface area (Å²) in [5, 5.41) is 17.3. The zero-order valence-electron chi connectivity index (χ0n) is 16.1. The molecule has 152 valence electrons. The van der Waals surface area contributed by atoms with Crippen LogP contribution in [0.3, 0.4) is 0 Å². The third-order valence-electron chi connectivity index (χ3n) is 4.78. The van der Waals surface area contributed by atoms with E-state index < -0.39 is 10.7 Å². The van der Waals surface area contributed by atoms with Crippen molar-refractivity contribution in [3.05, 3.63) is 69.3 Å². The third-order valence-corrected chi connectivity index (χ3v) is 4.78. The molecular weight excluding hydrogens is 374 g/mol. The molecule has 1 aliphatic rings. The quantitative estimate of drug-likeness (QED) is 0.307. The maximum absolute atomic E-state index is 12.3. The Labute approximate surface area is 168 Å². The molecule has 1 amide bonds. The van der Waals surface area contributed by atoms with Gasteiger partial charge in [-0.25, -0.2) is 0 Å². The van der Waals surface area contributed by atoms with Crippen LogP contribution < -0.4 is 15.4 Å². The number of ether oxygens (including phenoxy) is 1. The van der Waals surface area contributed by atoms with Gasteiger partial charge in [-0.2, -0.15) is 0 Å². The number of fused-ring (bicyclic) bond motifs is 1. The molecule has 0 saturated carbocycles. The largest absolute Gasteiger partial charge is 0.494 e. The lowest BCUT2D eigenvalue weighted by molar-refractivity contribution is -0.385. The molecular formula is C21H23N3O5. The van der Waals surface area contributed by atoms with E-state index in [9.17, 15) is 19.7 Å². The fourth-order valence-electron chi connectivity index (χ4n) is 3.34. The predicted octanol–water partition coefficient (Wildman–Crippen LogP) is 2.92. The van der Waals surface area contributed by atoms with Crippen LogP contribution in [-0.4, -0.2) is 29.8 Å². The zero-order valence-corrected chi connectivity index (χ0v) is 16.1. The topological polar surface area (TPSA) is 111 Å². The predicted molar refractivity (Wildman–Crippen MR) is 107 cm³/mol. The van der Waals surface area contributed by atoms with E-state index in [-0.39, 0.29) is 36.4 Å². The first-order valence-corrected chi connectivity index (χ1v) is 9.48. The summed E-state index contributed by atoms with van der Waals surface area (Å²) >= 11 is 0. The van der Waals surface area contributed by atoms with Crippen molar-refractivity contribution < 1.29 is 19.2 Å². The van der Waals surface area contributed by atoms with Gasteiger partial charge < -0.3 is 10.1 Å². The molecule has 0 radical (unpaired) electrons. The number of nitrogens with zero attached hydrogens (tertiary/aromatic N) is 1. The van der Waals surface area contributed by atoms with Crippen LogP contribution in [0.25, 0.3) is 0 Å². The molecule has 1 atom stereocenters. The minimum atomic E-state index is -0.595. The van der Waals surface area contributed by atoms with E-state index in [0.717, 1.165) is 18.5 Å². The smallest absolute Gasteiger partial charge is 0.280 e. The van der Waals surface area contributed by atoms with Gasteiger partial charge in [0.15, 0.2) is 5.78 Å². The number of hydrogen-bond acceptors (Lipinski definition) is 6. The Hall–Kier alpha value is -3.26. The van der Waals surface area contributed by atoms with Crippen molar-refractivity contribution in [2.45, 2.75) is 32.4 Å². The summed E-state index contributed by atoms with van der Waals surface area (Å²) in [5.41, 5.74) is 2.09. The second kappa shape index (κ2) is 9.29. The Bertz CT molecular complexity index is 928. The summed E-state index contributed by atoms with van der Waals surface area (Å²) in [6.07, 6.45) is 1.51. The average molecular weight is 397 g/mol. The summed E-state index contributed by atoms with van der Waals surface area (Å²) in [6, 6.07) is 12.1. The summed E-state index contributed by atoms with van der Waals surface area (Å²) in [6.45, 7) is 2.34. The highest BCUT2D eigenvalue weighted by Crippen LogP contribution is 2.25. The van der Waals surface area contributed by atoms with Crippen LogP contribution >= 0.6 is 0 Å². The third kappa shape index (κ3) is 5.17. The minimum absolute atomic E-state index is 0.00674. The number of rotatable bonds is 8. The first kappa shape index (κ1) is 20.5. The first-order chi connectivity index (χ1) is 14.0. The Kier molecular flexibility index (Phi) is 6.56. The summed E-state index contributed by atoms with van der Waals surface area (Å²) in [7, 11) is 0. The Morgan fingerprint density at radius 2 is 2.07 bits per heavy atom. The molecule has 8 heteroatoms. The molecule has 1 heterocycles. The molecule has 0 fully saturated rings. The number of amides is 1. The second-order valence-corrected chi connectivity index (χ2v) is 6.85. The zero-order chi connectivity index (χ0) is 20.8. The number of hydrogen-bond donors (Lipinski definition) is 2. The lowest BCUT2D eigenvalue weighted by Crippen LogP contribution is -2.42. The van der Waals surface area contributed by atoms with Crippen LogP contribution in [0.1, 0.15) is 47.4 Å². The monoisotopic (exact) mass is 397 g/mol. The number of nitro groups is 1. The van der Waals surface area contributed by atoms with E-state index in [1.54, 1.807) is 0 Å². The van der Waals surface area contributed by atoms with Gasteiger partial charge in [0.05, 0.1) is 17.1 Å². The van der Waals surface area contributed by atoms with Crippen LogP contribution in [0.15, 0.2) is 42.5 Å². The molecule has 0 aliphatic carbocycles. The lowest BCUT2D eigenvalue weighted by atomic mass is 9.98. The van der Waals surface area contributed by atoms with Crippen LogP contribution in [0.2, 0.25) is 0 Å². The molecule has 1 unspecified atom stereocenters. The number of Topliss-reactive ketones (excluding diaryl/α,β-unsaturated/α-hetero) is 1. The van der Waals surface area contributed by atoms with Crippen LogP contribution in [-0.2, 0) is 11.2 Å². The van der Waals surface area contributed by atoms with Crippen molar-refractivity contribution in [1.82, 2.24) is 10.6 Å². The van der Waals surface area contributed by atoms with Gasteiger partial charge in [0.2, 0.25) is 5.91 Å². The number of ketones is 1. The maximum atomic E-state index is 12.3. The second-order valence-electron chi connectivity index (χ2n) is 6.85. The van der Waals surface area contributed by atoms with Gasteiger partial charge in [-0.05, 0) is 43.0 Å². The highest BCUT2D eigenvalue weighted by molar-refractivity contribution is 5.98. The first-order valence-electron chi connectivity index (χ1n) is 9.48. The summed E-state index contributed by atoms with van der Waals surface area (Å²) in [4.78, 5) is 34.3. The van der Waals surface area contributed by atoms with Crippen molar-refractivity contribution in [3.8, 4) is 5.75 Å².